The molecule has 1 atom stereocenters. The number of nitrogens with zero attached hydrogens (tertiary/aromatic N) is 1. The Morgan fingerprint density at radius 3 is 2.65 bits per heavy atom. The van der Waals surface area contributed by atoms with Gasteiger partial charge in [0.1, 0.15) is 11.9 Å². The van der Waals surface area contributed by atoms with Crippen molar-refractivity contribution in [2.45, 2.75) is 25.1 Å². The lowest BCUT2D eigenvalue weighted by Gasteiger charge is -2.12. The number of benzene rings is 1. The van der Waals surface area contributed by atoms with Crippen LogP contribution >= 0.6 is 0 Å². The summed E-state index contributed by atoms with van der Waals surface area (Å²) >= 11 is 0. The van der Waals surface area contributed by atoms with Crippen LogP contribution in [0.1, 0.15) is 12.2 Å². The van der Waals surface area contributed by atoms with E-state index >= 15 is 0 Å². The summed E-state index contributed by atoms with van der Waals surface area (Å²) in [5.74, 6) is 0.453. The van der Waals surface area contributed by atoms with Crippen LogP contribution in [0.25, 0.3) is 11.0 Å². The van der Waals surface area contributed by atoms with Crippen LogP contribution in [-0.2, 0) is 6.42 Å². The fraction of sp³-hybridized carbons (Fsp3) is 0.364. The Kier molecular flexibility index (Phi) is 3.06. The number of aryl methyl sites for hydroxylation is 1. The van der Waals surface area contributed by atoms with Crippen LogP contribution in [0.2, 0.25) is 0 Å². The van der Waals surface area contributed by atoms with Gasteiger partial charge in [0.05, 0.1) is 11.0 Å². The second-order valence-electron chi connectivity index (χ2n) is 3.80. The normalized spacial score (nSPS) is 14.1. The second kappa shape index (κ2) is 4.37. The number of aromatic nitrogens is 2. The van der Waals surface area contributed by atoms with Gasteiger partial charge in [0.15, 0.2) is 0 Å². The molecule has 0 aliphatic carbocycles. The number of alkyl halides is 3. The summed E-state index contributed by atoms with van der Waals surface area (Å²) in [4.78, 5) is 7.05. The van der Waals surface area contributed by atoms with Crippen LogP contribution < -0.4 is 0 Å². The molecule has 92 valence electrons. The molecule has 6 heteroatoms. The first-order valence-electron chi connectivity index (χ1n) is 5.15. The van der Waals surface area contributed by atoms with Crippen LogP contribution in [0.15, 0.2) is 24.3 Å². The van der Waals surface area contributed by atoms with E-state index in [1.165, 1.54) is 0 Å². The van der Waals surface area contributed by atoms with E-state index in [4.69, 9.17) is 5.11 Å². The molecule has 0 bridgehead atoms. The Morgan fingerprint density at radius 1 is 1.29 bits per heavy atom. The summed E-state index contributed by atoms with van der Waals surface area (Å²) < 4.78 is 36.2. The molecule has 0 aliphatic rings. The van der Waals surface area contributed by atoms with Gasteiger partial charge in [0.2, 0.25) is 0 Å². The van der Waals surface area contributed by atoms with Crippen LogP contribution in [0, 0.1) is 0 Å². The van der Waals surface area contributed by atoms with Gasteiger partial charge in [-0.2, -0.15) is 13.2 Å². The van der Waals surface area contributed by atoms with Gasteiger partial charge in [-0.15, -0.1) is 0 Å². The van der Waals surface area contributed by atoms with Gasteiger partial charge in [-0.1, -0.05) is 12.1 Å². The fourth-order valence-corrected chi connectivity index (χ4v) is 1.56. The van der Waals surface area contributed by atoms with Crippen molar-refractivity contribution in [3.63, 3.8) is 0 Å². The van der Waals surface area contributed by atoms with Crippen molar-refractivity contribution in [1.29, 1.82) is 0 Å². The standard InChI is InChI=1S/C11H11F3N2O/c12-11(13,14)9(17)5-6-10-15-7-3-1-2-4-8(7)16-10/h1-4,9,17H,5-6H2,(H,15,16). The second-order valence-corrected chi connectivity index (χ2v) is 3.80. The van der Waals surface area contributed by atoms with Crippen molar-refractivity contribution in [3.05, 3.63) is 30.1 Å². The number of aromatic amines is 1. The number of halogens is 3. The van der Waals surface area contributed by atoms with Crippen LogP contribution in [-0.4, -0.2) is 27.4 Å². The van der Waals surface area contributed by atoms with Gasteiger partial charge in [-0.25, -0.2) is 4.98 Å². The zero-order valence-electron chi connectivity index (χ0n) is 8.83. The monoisotopic (exact) mass is 244 g/mol. The lowest BCUT2D eigenvalue weighted by atomic mass is 10.2. The first-order chi connectivity index (χ1) is 7.97. The SMILES string of the molecule is OC(CCc1nc2ccccc2[nH]1)C(F)(F)F. The number of H-pyrrole nitrogens is 1. The molecule has 2 rings (SSSR count). The Labute approximate surface area is 95.3 Å². The van der Waals surface area contributed by atoms with Crippen LogP contribution in [0.5, 0.6) is 0 Å². The molecular formula is C11H11F3N2O. The molecule has 0 aliphatic heterocycles. The molecule has 0 spiro atoms. The van der Waals surface area contributed by atoms with E-state index in [1.54, 1.807) is 18.2 Å². The van der Waals surface area contributed by atoms with Crippen molar-refractivity contribution in [2.75, 3.05) is 0 Å². The molecule has 0 saturated heterocycles. The van der Waals surface area contributed by atoms with E-state index in [0.717, 1.165) is 5.52 Å². The number of imidazole rings is 1. The van der Waals surface area contributed by atoms with E-state index in [1.807, 2.05) is 6.07 Å². The number of aliphatic hydroxyl groups excluding tert-OH is 1. The summed E-state index contributed by atoms with van der Waals surface area (Å²) in [6, 6.07) is 7.19. The number of fused-ring (bicyclic) bond motifs is 1. The van der Waals surface area contributed by atoms with Crippen molar-refractivity contribution in [1.82, 2.24) is 9.97 Å². The summed E-state index contributed by atoms with van der Waals surface area (Å²) in [5, 5.41) is 8.86. The molecular weight excluding hydrogens is 233 g/mol. The maximum atomic E-state index is 12.1. The largest absolute Gasteiger partial charge is 0.414 e. The topological polar surface area (TPSA) is 48.9 Å². The third-order valence-electron chi connectivity index (χ3n) is 2.47. The molecule has 0 fully saturated rings. The number of nitrogens with one attached hydrogen (secondary N) is 1. The van der Waals surface area contributed by atoms with Crippen molar-refractivity contribution < 1.29 is 18.3 Å². The highest BCUT2D eigenvalue weighted by Crippen LogP contribution is 2.23. The Hall–Kier alpha value is -1.56. The van der Waals surface area contributed by atoms with E-state index < -0.39 is 12.3 Å². The lowest BCUT2D eigenvalue weighted by molar-refractivity contribution is -0.205. The van der Waals surface area contributed by atoms with Crippen molar-refractivity contribution in [2.24, 2.45) is 0 Å². The van der Waals surface area contributed by atoms with E-state index in [0.29, 0.717) is 11.3 Å². The highest BCUT2D eigenvalue weighted by atomic mass is 19.4. The number of hydrogen-bond acceptors (Lipinski definition) is 2. The Bertz CT molecular complexity index is 474. The van der Waals surface area contributed by atoms with Gasteiger partial charge >= 0.3 is 6.18 Å². The van der Waals surface area contributed by atoms with Gasteiger partial charge in [-0.3, -0.25) is 0 Å². The molecule has 1 unspecified atom stereocenters. The number of para-hydroxylation sites is 2. The lowest BCUT2D eigenvalue weighted by Crippen LogP contribution is -2.28. The molecule has 17 heavy (non-hydrogen) atoms. The Morgan fingerprint density at radius 2 is 2.00 bits per heavy atom. The molecule has 1 aromatic heterocycles. The average Bonchev–Trinajstić information content (AvgIpc) is 2.66. The van der Waals surface area contributed by atoms with Crippen molar-refractivity contribution >= 4 is 11.0 Å². The highest BCUT2D eigenvalue weighted by molar-refractivity contribution is 5.74. The predicted molar refractivity (Wildman–Crippen MR) is 56.5 cm³/mol. The molecule has 1 heterocycles. The van der Waals surface area contributed by atoms with Crippen LogP contribution in [0.4, 0.5) is 13.2 Å². The molecule has 0 amide bonds. The highest BCUT2D eigenvalue weighted by Gasteiger charge is 2.37. The zero-order valence-corrected chi connectivity index (χ0v) is 8.83. The van der Waals surface area contributed by atoms with Crippen molar-refractivity contribution in [3.8, 4) is 0 Å². The summed E-state index contributed by atoms with van der Waals surface area (Å²) in [7, 11) is 0. The van der Waals surface area contributed by atoms with Gasteiger partial charge in [0.25, 0.3) is 0 Å². The molecule has 1 aromatic carbocycles. The minimum absolute atomic E-state index is 0.0648. The third kappa shape index (κ3) is 2.76. The summed E-state index contributed by atoms with van der Waals surface area (Å²) in [6.45, 7) is 0. The number of hydrogen-bond donors (Lipinski definition) is 2. The van der Waals surface area contributed by atoms with E-state index in [9.17, 15) is 13.2 Å². The Balaban J connectivity index is 2.04. The molecule has 3 nitrogen and oxygen atoms in total. The molecule has 0 saturated carbocycles. The minimum Gasteiger partial charge on any atom is -0.384 e. The van der Waals surface area contributed by atoms with Gasteiger partial charge in [-0.05, 0) is 18.6 Å². The average molecular weight is 244 g/mol. The summed E-state index contributed by atoms with van der Waals surface area (Å²) in [5.41, 5.74) is 1.49. The first kappa shape index (κ1) is 11.9. The molecule has 2 aromatic rings. The van der Waals surface area contributed by atoms with Gasteiger partial charge in [0, 0.05) is 6.42 Å². The third-order valence-corrected chi connectivity index (χ3v) is 2.47. The van der Waals surface area contributed by atoms with Gasteiger partial charge < -0.3 is 10.1 Å². The summed E-state index contributed by atoms with van der Waals surface area (Å²) in [6.07, 6.45) is -7.18. The zero-order chi connectivity index (χ0) is 12.5. The van der Waals surface area contributed by atoms with Crippen LogP contribution in [0.3, 0.4) is 0 Å². The number of aliphatic hydroxyl groups is 1. The molecule has 0 radical (unpaired) electrons. The fourth-order valence-electron chi connectivity index (χ4n) is 1.56. The van der Waals surface area contributed by atoms with E-state index in [2.05, 4.69) is 9.97 Å². The first-order valence-corrected chi connectivity index (χ1v) is 5.15. The maximum Gasteiger partial charge on any atom is 0.414 e. The predicted octanol–water partition coefficient (Wildman–Crippen LogP) is 2.42. The number of rotatable bonds is 3. The smallest absolute Gasteiger partial charge is 0.384 e. The maximum absolute atomic E-state index is 12.1. The minimum atomic E-state index is -4.56. The quantitative estimate of drug-likeness (QED) is 0.871. The molecule has 2 N–H and O–H groups in total. The van der Waals surface area contributed by atoms with E-state index in [-0.39, 0.29) is 12.8 Å².